The predicted octanol–water partition coefficient (Wildman–Crippen LogP) is 5.50. The summed E-state index contributed by atoms with van der Waals surface area (Å²) < 4.78 is 0. The maximum absolute atomic E-state index is 8.64. The SMILES string of the molecule is ClCc1ccc(-c2ccc(CCl)cc2)cc1.OCc1ccc(CO)cc1. The van der Waals surface area contributed by atoms with Crippen LogP contribution in [0.15, 0.2) is 72.8 Å². The maximum atomic E-state index is 8.64. The number of hydrogen-bond donors (Lipinski definition) is 2. The van der Waals surface area contributed by atoms with Gasteiger partial charge in [-0.15, -0.1) is 23.2 Å². The fraction of sp³-hybridized carbons (Fsp3) is 0.182. The number of benzene rings is 3. The number of aliphatic hydroxyl groups excluding tert-OH is 2. The van der Waals surface area contributed by atoms with E-state index >= 15 is 0 Å². The van der Waals surface area contributed by atoms with Crippen molar-refractivity contribution in [2.75, 3.05) is 0 Å². The molecule has 0 saturated carbocycles. The van der Waals surface area contributed by atoms with Gasteiger partial charge in [0.25, 0.3) is 0 Å². The van der Waals surface area contributed by atoms with Crippen LogP contribution in [0.5, 0.6) is 0 Å². The lowest BCUT2D eigenvalue weighted by molar-refractivity contribution is 0.278. The molecule has 0 amide bonds. The Morgan fingerprint density at radius 1 is 0.462 bits per heavy atom. The monoisotopic (exact) mass is 388 g/mol. The molecule has 0 aliphatic heterocycles. The van der Waals surface area contributed by atoms with E-state index in [9.17, 15) is 0 Å². The largest absolute Gasteiger partial charge is 0.392 e. The Morgan fingerprint density at radius 2 is 0.731 bits per heavy atom. The zero-order valence-corrected chi connectivity index (χ0v) is 15.9. The van der Waals surface area contributed by atoms with Gasteiger partial charge in [-0.1, -0.05) is 72.8 Å². The number of rotatable bonds is 5. The molecule has 2 N–H and O–H groups in total. The summed E-state index contributed by atoms with van der Waals surface area (Å²) >= 11 is 11.5. The second kappa shape index (κ2) is 11.0. The Labute approximate surface area is 164 Å². The lowest BCUT2D eigenvalue weighted by Gasteiger charge is -2.03. The van der Waals surface area contributed by atoms with Crippen LogP contribution in [0.25, 0.3) is 11.1 Å². The quantitative estimate of drug-likeness (QED) is 0.566. The first-order valence-corrected chi connectivity index (χ1v) is 9.36. The van der Waals surface area contributed by atoms with Crippen molar-refractivity contribution in [1.82, 2.24) is 0 Å². The molecule has 0 aliphatic rings. The van der Waals surface area contributed by atoms with Crippen LogP contribution in [0.1, 0.15) is 22.3 Å². The lowest BCUT2D eigenvalue weighted by atomic mass is 10.0. The van der Waals surface area contributed by atoms with E-state index in [1.165, 1.54) is 11.1 Å². The topological polar surface area (TPSA) is 40.5 Å². The van der Waals surface area contributed by atoms with E-state index in [1.54, 1.807) is 24.3 Å². The highest BCUT2D eigenvalue weighted by atomic mass is 35.5. The number of halogens is 2. The molecule has 0 fully saturated rings. The van der Waals surface area contributed by atoms with Crippen molar-refractivity contribution in [2.45, 2.75) is 25.0 Å². The normalized spacial score (nSPS) is 10.2. The minimum Gasteiger partial charge on any atom is -0.392 e. The van der Waals surface area contributed by atoms with Crippen LogP contribution in [0.2, 0.25) is 0 Å². The summed E-state index contributed by atoms with van der Waals surface area (Å²) in [7, 11) is 0. The molecule has 26 heavy (non-hydrogen) atoms. The van der Waals surface area contributed by atoms with Gasteiger partial charge in [-0.3, -0.25) is 0 Å². The highest BCUT2D eigenvalue weighted by Crippen LogP contribution is 2.21. The van der Waals surface area contributed by atoms with Crippen LogP contribution in [0.3, 0.4) is 0 Å². The molecule has 0 aromatic heterocycles. The molecule has 3 rings (SSSR count). The Hall–Kier alpha value is -1.84. The zero-order valence-electron chi connectivity index (χ0n) is 14.4. The third kappa shape index (κ3) is 6.15. The molecule has 0 bridgehead atoms. The second-order valence-electron chi connectivity index (χ2n) is 5.79. The van der Waals surface area contributed by atoms with Crippen LogP contribution in [0, 0.1) is 0 Å². The van der Waals surface area contributed by atoms with Crippen molar-refractivity contribution < 1.29 is 10.2 Å². The van der Waals surface area contributed by atoms with Gasteiger partial charge in [0.1, 0.15) is 0 Å². The molecule has 4 heteroatoms. The highest BCUT2D eigenvalue weighted by Gasteiger charge is 1.98. The minimum atomic E-state index is 0.0612. The summed E-state index contributed by atoms with van der Waals surface area (Å²) in [4.78, 5) is 0. The highest BCUT2D eigenvalue weighted by molar-refractivity contribution is 6.17. The van der Waals surface area contributed by atoms with E-state index in [2.05, 4.69) is 48.5 Å². The lowest BCUT2D eigenvalue weighted by Crippen LogP contribution is -1.85. The summed E-state index contributed by atoms with van der Waals surface area (Å²) in [6.07, 6.45) is 0. The Kier molecular flexibility index (Phi) is 8.66. The fourth-order valence-electron chi connectivity index (χ4n) is 2.32. The Bertz CT molecular complexity index is 698. The summed E-state index contributed by atoms with van der Waals surface area (Å²) in [6.45, 7) is 0.122. The van der Waals surface area contributed by atoms with Gasteiger partial charge in [0.2, 0.25) is 0 Å². The van der Waals surface area contributed by atoms with Crippen molar-refractivity contribution in [2.24, 2.45) is 0 Å². The molecular weight excluding hydrogens is 367 g/mol. The average molecular weight is 389 g/mol. The van der Waals surface area contributed by atoms with Gasteiger partial charge in [-0.2, -0.15) is 0 Å². The van der Waals surface area contributed by atoms with E-state index in [0.29, 0.717) is 11.8 Å². The number of hydrogen-bond acceptors (Lipinski definition) is 2. The molecule has 0 aliphatic carbocycles. The molecule has 0 heterocycles. The molecule has 0 radical (unpaired) electrons. The van der Waals surface area contributed by atoms with Crippen molar-refractivity contribution in [1.29, 1.82) is 0 Å². The maximum Gasteiger partial charge on any atom is 0.0681 e. The van der Waals surface area contributed by atoms with Gasteiger partial charge >= 0.3 is 0 Å². The van der Waals surface area contributed by atoms with Gasteiger partial charge in [0.15, 0.2) is 0 Å². The predicted molar refractivity (Wildman–Crippen MR) is 109 cm³/mol. The third-order valence-electron chi connectivity index (χ3n) is 3.94. The van der Waals surface area contributed by atoms with Crippen LogP contribution in [-0.2, 0) is 25.0 Å². The molecule has 136 valence electrons. The van der Waals surface area contributed by atoms with Crippen LogP contribution < -0.4 is 0 Å². The number of alkyl halides is 2. The summed E-state index contributed by atoms with van der Waals surface area (Å²) in [6, 6.07) is 23.8. The van der Waals surface area contributed by atoms with Gasteiger partial charge in [0.05, 0.1) is 13.2 Å². The van der Waals surface area contributed by atoms with Gasteiger partial charge in [-0.25, -0.2) is 0 Å². The Morgan fingerprint density at radius 3 is 0.962 bits per heavy atom. The minimum absolute atomic E-state index is 0.0612. The van der Waals surface area contributed by atoms with Gasteiger partial charge in [0, 0.05) is 11.8 Å². The molecule has 0 saturated heterocycles. The molecule has 3 aromatic carbocycles. The standard InChI is InChI=1S/C14H12Cl2.C8H10O2/c15-9-11-1-5-13(6-2-11)14-7-3-12(10-16)4-8-14;9-5-7-1-2-8(6-10)4-3-7/h1-8H,9-10H2;1-4,9-10H,5-6H2. The number of aliphatic hydroxyl groups is 2. The third-order valence-corrected chi connectivity index (χ3v) is 4.56. The molecular formula is C22H22Cl2O2. The van der Waals surface area contributed by atoms with Crippen molar-refractivity contribution in [3.8, 4) is 11.1 Å². The molecule has 0 spiro atoms. The first kappa shape index (κ1) is 20.5. The van der Waals surface area contributed by atoms with Gasteiger partial charge < -0.3 is 10.2 Å². The van der Waals surface area contributed by atoms with E-state index in [1.807, 2.05) is 0 Å². The Balaban J connectivity index is 0.000000209. The van der Waals surface area contributed by atoms with Crippen molar-refractivity contribution >= 4 is 23.2 Å². The summed E-state index contributed by atoms with van der Waals surface area (Å²) in [5.41, 5.74) is 6.44. The summed E-state index contributed by atoms with van der Waals surface area (Å²) in [5.74, 6) is 1.12. The van der Waals surface area contributed by atoms with E-state index in [4.69, 9.17) is 33.4 Å². The van der Waals surface area contributed by atoms with Crippen LogP contribution >= 0.6 is 23.2 Å². The van der Waals surface area contributed by atoms with E-state index in [0.717, 1.165) is 22.3 Å². The smallest absolute Gasteiger partial charge is 0.0681 e. The zero-order chi connectivity index (χ0) is 18.8. The molecule has 2 nitrogen and oxygen atoms in total. The average Bonchev–Trinajstić information content (AvgIpc) is 2.74. The fourth-order valence-corrected chi connectivity index (χ4v) is 2.68. The summed E-state index contributed by atoms with van der Waals surface area (Å²) in [5, 5.41) is 17.3. The van der Waals surface area contributed by atoms with Crippen molar-refractivity contribution in [3.05, 3.63) is 95.1 Å². The van der Waals surface area contributed by atoms with Crippen LogP contribution in [-0.4, -0.2) is 10.2 Å². The van der Waals surface area contributed by atoms with E-state index < -0.39 is 0 Å². The van der Waals surface area contributed by atoms with Crippen molar-refractivity contribution in [3.63, 3.8) is 0 Å². The first-order valence-electron chi connectivity index (χ1n) is 8.30. The first-order chi connectivity index (χ1) is 12.7. The van der Waals surface area contributed by atoms with Gasteiger partial charge in [-0.05, 0) is 33.4 Å². The molecule has 3 aromatic rings. The van der Waals surface area contributed by atoms with E-state index in [-0.39, 0.29) is 13.2 Å². The second-order valence-corrected chi connectivity index (χ2v) is 6.33. The molecule has 0 unspecified atom stereocenters. The van der Waals surface area contributed by atoms with Crippen LogP contribution in [0.4, 0.5) is 0 Å². The molecule has 0 atom stereocenters.